The lowest BCUT2D eigenvalue weighted by molar-refractivity contribution is -0.120. The van der Waals surface area contributed by atoms with E-state index < -0.39 is 0 Å². The molecule has 0 radical (unpaired) electrons. The summed E-state index contributed by atoms with van der Waals surface area (Å²) < 4.78 is 31.2. The van der Waals surface area contributed by atoms with E-state index in [1.165, 1.54) is 17.4 Å². The molecule has 35 heavy (non-hydrogen) atoms. The molecule has 4 rings (SSSR count). The van der Waals surface area contributed by atoms with E-state index in [9.17, 15) is 9.18 Å². The first-order chi connectivity index (χ1) is 16.9. The second kappa shape index (κ2) is 11.0. The zero-order valence-electron chi connectivity index (χ0n) is 20.3. The van der Waals surface area contributed by atoms with Gasteiger partial charge in [-0.3, -0.25) is 4.79 Å². The number of hydrogen-bond donors (Lipinski definition) is 1. The summed E-state index contributed by atoms with van der Waals surface area (Å²) in [5.41, 5.74) is 2.83. The Bertz CT molecular complexity index is 1180. The van der Waals surface area contributed by atoms with Crippen LogP contribution in [-0.4, -0.2) is 50.4 Å². The van der Waals surface area contributed by atoms with Crippen LogP contribution in [0.5, 0.6) is 11.5 Å². The molecule has 9 heteroatoms. The molecule has 2 heterocycles. The van der Waals surface area contributed by atoms with Gasteiger partial charge in [0, 0.05) is 30.6 Å². The molecule has 1 aliphatic rings. The molecule has 1 fully saturated rings. The van der Waals surface area contributed by atoms with E-state index >= 15 is 0 Å². The summed E-state index contributed by atoms with van der Waals surface area (Å²) in [5, 5.41) is 5.51. The Morgan fingerprint density at radius 2 is 1.89 bits per heavy atom. The van der Waals surface area contributed by atoms with E-state index in [0.717, 1.165) is 10.6 Å². The van der Waals surface area contributed by atoms with Crippen LogP contribution in [0.1, 0.15) is 25.1 Å². The number of nitrogens with one attached hydrogen (secondary N) is 1. The van der Waals surface area contributed by atoms with E-state index in [2.05, 4.69) is 10.3 Å². The lowest BCUT2D eigenvalue weighted by Crippen LogP contribution is -2.45. The molecular weight excluding hydrogens is 469 g/mol. The number of methoxy groups -OCH3 is 2. The molecule has 1 N–H and O–H groups in total. The van der Waals surface area contributed by atoms with E-state index in [1.807, 2.05) is 48.4 Å². The minimum atomic E-state index is -0.294. The number of rotatable bonds is 8. The van der Waals surface area contributed by atoms with Crippen molar-refractivity contribution in [2.45, 2.75) is 39.0 Å². The number of aromatic nitrogens is 1. The minimum Gasteiger partial charge on any atom is -0.493 e. The number of anilines is 1. The topological polar surface area (TPSA) is 72.9 Å². The number of benzene rings is 2. The summed E-state index contributed by atoms with van der Waals surface area (Å²) in [7, 11) is 3.17. The fraction of sp³-hybridized carbons (Fsp3) is 0.385. The van der Waals surface area contributed by atoms with Gasteiger partial charge >= 0.3 is 0 Å². The van der Waals surface area contributed by atoms with Crippen LogP contribution < -0.4 is 19.7 Å². The second-order valence-corrected chi connectivity index (χ2v) is 9.47. The van der Waals surface area contributed by atoms with Crippen molar-refractivity contribution in [1.29, 1.82) is 0 Å². The number of nitrogens with zero attached hydrogens (tertiary/aromatic N) is 2. The molecule has 2 atom stereocenters. The molecule has 1 saturated heterocycles. The molecule has 0 bridgehead atoms. The summed E-state index contributed by atoms with van der Waals surface area (Å²) in [6, 6.07) is 10.7. The van der Waals surface area contributed by atoms with Crippen molar-refractivity contribution in [3.63, 3.8) is 0 Å². The number of carbonyl (C=O) groups excluding carboxylic acids is 1. The zero-order valence-corrected chi connectivity index (χ0v) is 21.2. The number of carbonyl (C=O) groups is 1. The summed E-state index contributed by atoms with van der Waals surface area (Å²) in [6.07, 6.45) is 0.249. The third-order valence-electron chi connectivity index (χ3n) is 5.79. The minimum absolute atomic E-state index is 0.0510. The molecule has 1 amide bonds. The number of ether oxygens (including phenoxy) is 3. The van der Waals surface area contributed by atoms with E-state index in [-0.39, 0.29) is 36.9 Å². The first kappa shape index (κ1) is 24.9. The number of halogens is 1. The van der Waals surface area contributed by atoms with Crippen LogP contribution >= 0.6 is 11.3 Å². The van der Waals surface area contributed by atoms with Crippen molar-refractivity contribution in [3.05, 3.63) is 58.9 Å². The third-order valence-corrected chi connectivity index (χ3v) is 6.73. The van der Waals surface area contributed by atoms with E-state index in [1.54, 1.807) is 20.3 Å². The smallest absolute Gasteiger partial charge is 0.226 e. The van der Waals surface area contributed by atoms with Gasteiger partial charge in [0.1, 0.15) is 10.8 Å². The monoisotopic (exact) mass is 499 g/mol. The highest BCUT2D eigenvalue weighted by Crippen LogP contribution is 2.33. The fourth-order valence-electron chi connectivity index (χ4n) is 4.21. The lowest BCUT2D eigenvalue weighted by Gasteiger charge is -2.37. The molecular formula is C26H30FN3O4S. The molecule has 0 aliphatic carbocycles. The maximum Gasteiger partial charge on any atom is 0.226 e. The molecule has 7 nitrogen and oxygen atoms in total. The molecule has 1 aromatic heterocycles. The first-order valence-electron chi connectivity index (χ1n) is 11.5. The fourth-order valence-corrected chi connectivity index (χ4v) is 5.03. The van der Waals surface area contributed by atoms with Gasteiger partial charge in [-0.25, -0.2) is 9.37 Å². The van der Waals surface area contributed by atoms with Crippen molar-refractivity contribution in [2.24, 2.45) is 0 Å². The van der Waals surface area contributed by atoms with Gasteiger partial charge in [-0.2, -0.15) is 0 Å². The number of thiazole rings is 1. The largest absolute Gasteiger partial charge is 0.493 e. The molecule has 186 valence electrons. The van der Waals surface area contributed by atoms with Crippen molar-refractivity contribution in [1.82, 2.24) is 10.3 Å². The predicted octanol–water partition coefficient (Wildman–Crippen LogP) is 4.44. The molecule has 3 aromatic rings. The normalized spacial score (nSPS) is 17.8. The Hall–Kier alpha value is -3.17. The van der Waals surface area contributed by atoms with Crippen LogP contribution in [0.25, 0.3) is 10.6 Å². The average molecular weight is 500 g/mol. The van der Waals surface area contributed by atoms with Crippen LogP contribution in [0, 0.1) is 5.82 Å². The van der Waals surface area contributed by atoms with Crippen LogP contribution in [0.4, 0.5) is 10.1 Å². The Morgan fingerprint density at radius 1 is 1.14 bits per heavy atom. The molecule has 0 saturated carbocycles. The highest BCUT2D eigenvalue weighted by molar-refractivity contribution is 7.13. The molecule has 2 unspecified atom stereocenters. The Balaban J connectivity index is 1.34. The van der Waals surface area contributed by atoms with Gasteiger partial charge < -0.3 is 24.4 Å². The molecule has 2 aromatic carbocycles. The summed E-state index contributed by atoms with van der Waals surface area (Å²) in [6.45, 7) is 5.53. The van der Waals surface area contributed by atoms with Crippen LogP contribution in [0.3, 0.4) is 0 Å². The van der Waals surface area contributed by atoms with Crippen molar-refractivity contribution < 1.29 is 23.4 Å². The SMILES string of the molecule is COc1ccc(-c2nc(CC(=O)NCc3ccc(N4CC(C)OC(C)C4)c(F)c3)cs2)cc1OC. The van der Waals surface area contributed by atoms with Crippen LogP contribution in [-0.2, 0) is 22.5 Å². The Kier molecular flexibility index (Phi) is 7.87. The molecule has 0 spiro atoms. The van der Waals surface area contributed by atoms with Crippen molar-refractivity contribution in [2.75, 3.05) is 32.2 Å². The van der Waals surface area contributed by atoms with Crippen LogP contribution in [0.15, 0.2) is 41.8 Å². The maximum atomic E-state index is 14.8. The first-order valence-corrected chi connectivity index (χ1v) is 12.4. The standard InChI is InChI=1S/C26H30FN3O4S/c1-16-13-30(14-17(2)34-16)22-7-5-18(9-21(22)27)12-28-25(31)11-20-15-35-26(29-20)19-6-8-23(32-3)24(10-19)33-4/h5-10,15-17H,11-14H2,1-4H3,(H,28,31). The quantitative estimate of drug-likeness (QED) is 0.494. The average Bonchev–Trinajstić information content (AvgIpc) is 3.30. The summed E-state index contributed by atoms with van der Waals surface area (Å²) in [5.74, 6) is 0.799. The van der Waals surface area contributed by atoms with Gasteiger partial charge in [-0.15, -0.1) is 11.3 Å². The van der Waals surface area contributed by atoms with Gasteiger partial charge in [-0.05, 0) is 49.7 Å². The maximum absolute atomic E-state index is 14.8. The molecule has 1 aliphatic heterocycles. The third kappa shape index (κ3) is 6.10. The predicted molar refractivity (Wildman–Crippen MR) is 135 cm³/mol. The zero-order chi connectivity index (χ0) is 24.9. The van der Waals surface area contributed by atoms with Gasteiger partial charge in [0.2, 0.25) is 5.91 Å². The van der Waals surface area contributed by atoms with Gasteiger partial charge in [0.25, 0.3) is 0 Å². The Morgan fingerprint density at radius 3 is 2.57 bits per heavy atom. The highest BCUT2D eigenvalue weighted by Gasteiger charge is 2.24. The van der Waals surface area contributed by atoms with E-state index in [4.69, 9.17) is 14.2 Å². The van der Waals surface area contributed by atoms with Gasteiger partial charge in [0.15, 0.2) is 11.5 Å². The van der Waals surface area contributed by atoms with Gasteiger partial charge in [0.05, 0.1) is 44.2 Å². The summed E-state index contributed by atoms with van der Waals surface area (Å²) in [4.78, 5) is 19.1. The number of hydrogen-bond acceptors (Lipinski definition) is 7. The van der Waals surface area contributed by atoms with Gasteiger partial charge in [-0.1, -0.05) is 6.07 Å². The number of amides is 1. The van der Waals surface area contributed by atoms with Crippen molar-refractivity contribution in [3.8, 4) is 22.1 Å². The number of morpholine rings is 1. The second-order valence-electron chi connectivity index (χ2n) is 8.62. The van der Waals surface area contributed by atoms with E-state index in [0.29, 0.717) is 41.5 Å². The Labute approximate surface area is 208 Å². The lowest BCUT2D eigenvalue weighted by atomic mass is 10.1. The summed E-state index contributed by atoms with van der Waals surface area (Å²) >= 11 is 1.46. The van der Waals surface area contributed by atoms with Crippen LogP contribution in [0.2, 0.25) is 0 Å². The highest BCUT2D eigenvalue weighted by atomic mass is 32.1. The van der Waals surface area contributed by atoms with Crippen molar-refractivity contribution >= 4 is 22.9 Å².